The van der Waals surface area contributed by atoms with Crippen LogP contribution >= 0.6 is 0 Å². The van der Waals surface area contributed by atoms with Crippen molar-refractivity contribution in [2.75, 3.05) is 5.73 Å². The van der Waals surface area contributed by atoms with Gasteiger partial charge in [0.2, 0.25) is 0 Å². The molecule has 0 saturated carbocycles. The van der Waals surface area contributed by atoms with Gasteiger partial charge >= 0.3 is 0 Å². The third-order valence-electron chi connectivity index (χ3n) is 4.49. The van der Waals surface area contributed by atoms with Gasteiger partial charge in [-0.15, -0.1) is 0 Å². The second-order valence-electron chi connectivity index (χ2n) is 6.36. The van der Waals surface area contributed by atoms with Crippen LogP contribution in [0.2, 0.25) is 0 Å². The minimum atomic E-state index is -1.44. The van der Waals surface area contributed by atoms with Crippen LogP contribution in [0.5, 0.6) is 0 Å². The van der Waals surface area contributed by atoms with Gasteiger partial charge in [-0.3, -0.25) is 5.23 Å². The van der Waals surface area contributed by atoms with Crippen molar-refractivity contribution in [3.8, 4) is 0 Å². The Morgan fingerprint density at radius 1 is 1.17 bits per heavy atom. The van der Waals surface area contributed by atoms with Crippen LogP contribution in [0.15, 0.2) is 54.6 Å². The lowest BCUT2D eigenvalue weighted by atomic mass is 9.79. The Morgan fingerprint density at radius 2 is 1.79 bits per heavy atom. The quantitative estimate of drug-likeness (QED) is 0.591. The average molecular weight is 329 g/mol. The first kappa shape index (κ1) is 16.9. The molecule has 24 heavy (non-hydrogen) atoms. The van der Waals surface area contributed by atoms with Crippen LogP contribution in [0.1, 0.15) is 36.5 Å². The fraction of sp³-hybridized carbons (Fsp3) is 0.333. The summed E-state index contributed by atoms with van der Waals surface area (Å²) in [4.78, 5) is 0. The molecule has 0 aromatic heterocycles. The van der Waals surface area contributed by atoms with Crippen molar-refractivity contribution in [1.29, 1.82) is 0 Å². The molecule has 1 heterocycles. The van der Waals surface area contributed by atoms with E-state index in [-0.39, 0.29) is 11.6 Å². The third kappa shape index (κ3) is 3.28. The van der Waals surface area contributed by atoms with Crippen molar-refractivity contribution in [1.82, 2.24) is 5.23 Å². The van der Waals surface area contributed by atoms with Crippen LogP contribution in [0.25, 0.3) is 0 Å². The third-order valence-corrected chi connectivity index (χ3v) is 4.49. The van der Waals surface area contributed by atoms with E-state index in [9.17, 15) is 15.5 Å². The predicted octanol–water partition coefficient (Wildman–Crippen LogP) is 2.78. The average Bonchev–Trinajstić information content (AvgIpc) is 2.54. The number of benzene rings is 2. The predicted molar refractivity (Wildman–Crippen MR) is 89.9 cm³/mol. The largest absolute Gasteiger partial charge is 0.762 e. The smallest absolute Gasteiger partial charge is 0.164 e. The maximum atomic E-state index is 12.0. The number of nitrogens with two attached hydrogens (primary N) is 1. The molecule has 0 amide bonds. The van der Waals surface area contributed by atoms with E-state index in [1.165, 1.54) is 0 Å². The highest BCUT2D eigenvalue weighted by molar-refractivity contribution is 5.49. The zero-order chi connectivity index (χ0) is 17.3. The van der Waals surface area contributed by atoms with Gasteiger partial charge in [0, 0.05) is 23.6 Å². The summed E-state index contributed by atoms with van der Waals surface area (Å²) < 4.78 is 5.74. The summed E-state index contributed by atoms with van der Waals surface area (Å²) in [6.07, 6.45) is -0.674. The highest BCUT2D eigenvalue weighted by atomic mass is 16.8. The number of aliphatic hydroxyl groups is 1. The molecule has 0 bridgehead atoms. The first-order chi connectivity index (χ1) is 11.4. The molecule has 3 rings (SSSR count). The Labute approximate surface area is 140 Å². The second kappa shape index (κ2) is 6.51. The number of nitrogen functional groups attached to an aromatic ring is 1. The number of rotatable bonds is 3. The summed E-state index contributed by atoms with van der Waals surface area (Å²) >= 11 is 0. The summed E-state index contributed by atoms with van der Waals surface area (Å²) in [5.74, 6) is -1.86. The van der Waals surface area contributed by atoms with Gasteiger partial charge in [0.25, 0.3) is 0 Å². The van der Waals surface area contributed by atoms with Crippen LogP contribution in [0.4, 0.5) is 5.69 Å². The lowest BCUT2D eigenvalue weighted by Crippen LogP contribution is -2.50. The van der Waals surface area contributed by atoms with E-state index in [0.29, 0.717) is 11.3 Å². The van der Waals surface area contributed by atoms with Gasteiger partial charge in [-0.1, -0.05) is 48.5 Å². The maximum absolute atomic E-state index is 12.0. The van der Waals surface area contributed by atoms with Crippen LogP contribution in [0, 0.1) is 5.21 Å². The van der Waals surface area contributed by atoms with Crippen molar-refractivity contribution in [3.63, 3.8) is 0 Å². The van der Waals surface area contributed by atoms with Gasteiger partial charge in [0.1, 0.15) is 6.10 Å². The fourth-order valence-corrected chi connectivity index (χ4v) is 3.43. The van der Waals surface area contributed by atoms with Gasteiger partial charge in [-0.25, -0.2) is 0 Å². The van der Waals surface area contributed by atoms with Crippen LogP contribution in [-0.4, -0.2) is 27.4 Å². The van der Waals surface area contributed by atoms with E-state index < -0.39 is 23.9 Å². The Kier molecular flexibility index (Phi) is 4.58. The molecule has 4 atom stereocenters. The van der Waals surface area contributed by atoms with Gasteiger partial charge in [0.05, 0.1) is 6.04 Å². The van der Waals surface area contributed by atoms with E-state index in [0.717, 1.165) is 5.56 Å². The molecule has 0 aliphatic carbocycles. The molecule has 0 unspecified atom stereocenters. The van der Waals surface area contributed by atoms with Crippen molar-refractivity contribution < 1.29 is 15.1 Å². The molecular formula is C18H21N2O4-. The molecule has 2 aromatic rings. The monoisotopic (exact) mass is 329 g/mol. The number of para-hydroxylation sites is 1. The second-order valence-corrected chi connectivity index (χ2v) is 6.36. The summed E-state index contributed by atoms with van der Waals surface area (Å²) in [5, 5.41) is 32.2. The standard InChI is InChI=1S/C18H21N2O4/c1-18(21)11-14(12-7-3-2-4-8-12)16(20(22)23)17(24-18)13-9-5-6-10-15(13)19/h2-10,14,16-17,21-22H,11,19H2,1H3/q-1/t14-,16+,17-,18-/m1/s1. The molecule has 4 N–H and O–H groups in total. The van der Waals surface area contributed by atoms with Gasteiger partial charge in [-0.2, -0.15) is 0 Å². The Bertz CT molecular complexity index is 690. The fourth-order valence-electron chi connectivity index (χ4n) is 3.43. The zero-order valence-corrected chi connectivity index (χ0v) is 13.4. The Morgan fingerprint density at radius 3 is 2.42 bits per heavy atom. The summed E-state index contributed by atoms with van der Waals surface area (Å²) in [5.41, 5.74) is 7.88. The van der Waals surface area contributed by atoms with Gasteiger partial charge in [0.15, 0.2) is 5.79 Å². The Hall–Kier alpha value is -1.96. The zero-order valence-electron chi connectivity index (χ0n) is 13.4. The highest BCUT2D eigenvalue weighted by Crippen LogP contribution is 2.46. The number of hydrogen-bond donors (Lipinski definition) is 3. The number of hydroxylamine groups is 2. The molecular weight excluding hydrogens is 308 g/mol. The Balaban J connectivity index is 2.08. The SMILES string of the molecule is C[C@]1(O)C[C@H](c2ccccc2)[C@H](N([O-])O)[C@@H](c2ccccc2N)O1. The van der Waals surface area contributed by atoms with E-state index in [1.807, 2.05) is 30.3 Å². The topological polar surface area (TPSA) is 102 Å². The van der Waals surface area contributed by atoms with Crippen molar-refractivity contribution in [3.05, 3.63) is 70.9 Å². The number of ether oxygens (including phenoxy) is 1. The number of hydrogen-bond acceptors (Lipinski definition) is 6. The molecule has 6 nitrogen and oxygen atoms in total. The molecule has 1 fully saturated rings. The van der Waals surface area contributed by atoms with Crippen molar-refractivity contribution in [2.24, 2.45) is 0 Å². The number of anilines is 1. The van der Waals surface area contributed by atoms with Gasteiger partial charge < -0.3 is 26.0 Å². The molecule has 0 radical (unpaired) electrons. The van der Waals surface area contributed by atoms with Gasteiger partial charge in [-0.05, 0) is 18.6 Å². The van der Waals surface area contributed by atoms with Crippen LogP contribution in [-0.2, 0) is 4.74 Å². The molecule has 1 saturated heterocycles. The summed E-state index contributed by atoms with van der Waals surface area (Å²) in [6, 6.07) is 15.4. The lowest BCUT2D eigenvalue weighted by Gasteiger charge is -2.49. The maximum Gasteiger partial charge on any atom is 0.164 e. The van der Waals surface area contributed by atoms with Crippen molar-refractivity contribution in [2.45, 2.75) is 37.2 Å². The minimum absolute atomic E-state index is 0.0794. The van der Waals surface area contributed by atoms with Crippen LogP contribution < -0.4 is 5.73 Å². The summed E-state index contributed by atoms with van der Waals surface area (Å²) in [6.45, 7) is 1.55. The van der Waals surface area contributed by atoms with E-state index in [4.69, 9.17) is 10.5 Å². The first-order valence-corrected chi connectivity index (χ1v) is 7.84. The van der Waals surface area contributed by atoms with E-state index in [2.05, 4.69) is 0 Å². The minimum Gasteiger partial charge on any atom is -0.762 e. The summed E-state index contributed by atoms with van der Waals surface area (Å²) in [7, 11) is 0. The van der Waals surface area contributed by atoms with E-state index >= 15 is 0 Å². The molecule has 1 aliphatic rings. The van der Waals surface area contributed by atoms with E-state index in [1.54, 1.807) is 31.2 Å². The van der Waals surface area contributed by atoms with Crippen LogP contribution in [0.3, 0.4) is 0 Å². The van der Waals surface area contributed by atoms with Crippen molar-refractivity contribution >= 4 is 5.69 Å². The molecule has 0 spiro atoms. The lowest BCUT2D eigenvalue weighted by molar-refractivity contribution is -0.284. The molecule has 1 aliphatic heterocycles. The normalized spacial score (nSPS) is 30.5. The molecule has 6 heteroatoms. The first-order valence-electron chi connectivity index (χ1n) is 7.84. The molecule has 2 aromatic carbocycles. The highest BCUT2D eigenvalue weighted by Gasteiger charge is 2.46. The molecule has 128 valence electrons. The number of nitrogens with zero attached hydrogens (tertiary/aromatic N) is 1.